The third-order valence-corrected chi connectivity index (χ3v) is 3.53. The van der Waals surface area contributed by atoms with Gasteiger partial charge < -0.3 is 5.32 Å². The van der Waals surface area contributed by atoms with E-state index in [9.17, 15) is 12.8 Å². The Morgan fingerprint density at radius 2 is 1.71 bits per heavy atom. The van der Waals surface area contributed by atoms with Gasteiger partial charge in [0.15, 0.2) is 0 Å². The normalized spacial score (nSPS) is 12.7. The Morgan fingerprint density at radius 3 is 2.29 bits per heavy atom. The Kier molecular flexibility index (Phi) is 4.47. The van der Waals surface area contributed by atoms with E-state index in [1.807, 2.05) is 19.1 Å². The van der Waals surface area contributed by atoms with E-state index >= 15 is 0 Å². The zero-order valence-corrected chi connectivity index (χ0v) is 12.6. The van der Waals surface area contributed by atoms with Crippen molar-refractivity contribution in [3.8, 4) is 0 Å². The molecule has 2 aromatic carbocycles. The monoisotopic (exact) mass is 308 g/mol. The first-order valence-corrected chi connectivity index (χ1v) is 8.32. The van der Waals surface area contributed by atoms with Crippen LogP contribution in [0, 0.1) is 5.82 Å². The highest BCUT2D eigenvalue weighted by Crippen LogP contribution is 2.21. The van der Waals surface area contributed by atoms with E-state index in [-0.39, 0.29) is 11.9 Å². The molecule has 112 valence electrons. The number of nitrogens with one attached hydrogen (secondary N) is 2. The second-order valence-electron chi connectivity index (χ2n) is 4.87. The molecule has 0 spiro atoms. The van der Waals surface area contributed by atoms with Gasteiger partial charge in [0.25, 0.3) is 0 Å². The van der Waals surface area contributed by atoms with Gasteiger partial charge in [-0.3, -0.25) is 4.72 Å². The lowest BCUT2D eigenvalue weighted by Crippen LogP contribution is -2.10. The zero-order valence-electron chi connectivity index (χ0n) is 11.8. The SMILES string of the molecule is CC(Nc1cccc(F)c1)c1ccc(NS(C)(=O)=O)cc1. The minimum atomic E-state index is -3.27. The van der Waals surface area contributed by atoms with Crippen molar-refractivity contribution >= 4 is 21.4 Å². The van der Waals surface area contributed by atoms with Crippen molar-refractivity contribution < 1.29 is 12.8 Å². The summed E-state index contributed by atoms with van der Waals surface area (Å²) in [6, 6.07) is 13.3. The first kappa shape index (κ1) is 15.3. The molecule has 4 nitrogen and oxygen atoms in total. The first-order chi connectivity index (χ1) is 9.83. The predicted octanol–water partition coefficient (Wildman–Crippen LogP) is 3.37. The van der Waals surface area contributed by atoms with Crippen molar-refractivity contribution in [2.75, 3.05) is 16.3 Å². The summed E-state index contributed by atoms with van der Waals surface area (Å²) in [5.41, 5.74) is 2.18. The molecule has 0 heterocycles. The molecule has 2 aromatic rings. The molecule has 0 aliphatic carbocycles. The number of benzene rings is 2. The van der Waals surface area contributed by atoms with Gasteiger partial charge in [0, 0.05) is 17.4 Å². The largest absolute Gasteiger partial charge is 0.378 e. The van der Waals surface area contributed by atoms with Crippen LogP contribution in [-0.2, 0) is 10.0 Å². The van der Waals surface area contributed by atoms with Crippen molar-refractivity contribution in [1.29, 1.82) is 0 Å². The van der Waals surface area contributed by atoms with Crippen LogP contribution in [0.1, 0.15) is 18.5 Å². The maximum atomic E-state index is 13.1. The highest BCUT2D eigenvalue weighted by atomic mass is 32.2. The molecular weight excluding hydrogens is 291 g/mol. The van der Waals surface area contributed by atoms with Gasteiger partial charge in [-0.1, -0.05) is 18.2 Å². The summed E-state index contributed by atoms with van der Waals surface area (Å²) >= 11 is 0. The summed E-state index contributed by atoms with van der Waals surface area (Å²) in [6.45, 7) is 1.95. The van der Waals surface area contributed by atoms with Gasteiger partial charge in [-0.25, -0.2) is 12.8 Å². The van der Waals surface area contributed by atoms with Crippen molar-refractivity contribution in [2.45, 2.75) is 13.0 Å². The molecule has 0 radical (unpaired) electrons. The molecule has 1 atom stereocenters. The molecule has 0 aliphatic rings. The van der Waals surface area contributed by atoms with Crippen LogP contribution in [0.2, 0.25) is 0 Å². The number of rotatable bonds is 5. The Balaban J connectivity index is 2.08. The summed E-state index contributed by atoms with van der Waals surface area (Å²) < 4.78 is 37.8. The van der Waals surface area contributed by atoms with E-state index in [0.29, 0.717) is 11.4 Å². The lowest BCUT2D eigenvalue weighted by atomic mass is 10.1. The number of halogens is 1. The molecule has 1 unspecified atom stereocenters. The maximum absolute atomic E-state index is 13.1. The fourth-order valence-corrected chi connectivity index (χ4v) is 2.53. The van der Waals surface area contributed by atoms with E-state index in [2.05, 4.69) is 10.0 Å². The van der Waals surface area contributed by atoms with Crippen LogP contribution in [0.15, 0.2) is 48.5 Å². The summed E-state index contributed by atoms with van der Waals surface area (Å²) in [4.78, 5) is 0. The average molecular weight is 308 g/mol. The number of anilines is 2. The van der Waals surface area contributed by atoms with E-state index in [4.69, 9.17) is 0 Å². The molecular formula is C15H17FN2O2S. The molecule has 0 amide bonds. The zero-order chi connectivity index (χ0) is 15.5. The van der Waals surface area contributed by atoms with Gasteiger partial charge in [0.05, 0.1) is 6.26 Å². The lowest BCUT2D eigenvalue weighted by molar-refractivity contribution is 0.607. The van der Waals surface area contributed by atoms with Crippen LogP contribution >= 0.6 is 0 Å². The minimum absolute atomic E-state index is 0.0286. The van der Waals surface area contributed by atoms with Gasteiger partial charge in [0.2, 0.25) is 10.0 Å². The number of hydrogen-bond donors (Lipinski definition) is 2. The average Bonchev–Trinajstić information content (AvgIpc) is 2.37. The maximum Gasteiger partial charge on any atom is 0.229 e. The van der Waals surface area contributed by atoms with Crippen molar-refractivity contribution in [2.24, 2.45) is 0 Å². The summed E-state index contributed by atoms with van der Waals surface area (Å²) in [7, 11) is -3.27. The topological polar surface area (TPSA) is 58.2 Å². The van der Waals surface area contributed by atoms with Gasteiger partial charge in [0.1, 0.15) is 5.82 Å². The van der Waals surface area contributed by atoms with Crippen LogP contribution in [0.25, 0.3) is 0 Å². The van der Waals surface area contributed by atoms with Gasteiger partial charge in [-0.05, 0) is 42.8 Å². The van der Waals surface area contributed by atoms with Crippen molar-refractivity contribution in [3.63, 3.8) is 0 Å². The molecule has 21 heavy (non-hydrogen) atoms. The second kappa shape index (κ2) is 6.13. The molecule has 2 N–H and O–H groups in total. The second-order valence-corrected chi connectivity index (χ2v) is 6.62. The third kappa shape index (κ3) is 4.75. The molecule has 0 aliphatic heterocycles. The van der Waals surface area contributed by atoms with E-state index in [1.165, 1.54) is 12.1 Å². The lowest BCUT2D eigenvalue weighted by Gasteiger charge is -2.16. The summed E-state index contributed by atoms with van der Waals surface area (Å²) in [5.74, 6) is -0.292. The molecule has 0 aromatic heterocycles. The fourth-order valence-electron chi connectivity index (χ4n) is 1.97. The Hall–Kier alpha value is -2.08. The molecule has 0 bridgehead atoms. The van der Waals surface area contributed by atoms with Crippen LogP contribution in [0.3, 0.4) is 0 Å². The highest BCUT2D eigenvalue weighted by Gasteiger charge is 2.07. The van der Waals surface area contributed by atoms with Gasteiger partial charge in [-0.2, -0.15) is 0 Å². The van der Waals surface area contributed by atoms with E-state index in [0.717, 1.165) is 11.8 Å². The van der Waals surface area contributed by atoms with Gasteiger partial charge >= 0.3 is 0 Å². The van der Waals surface area contributed by atoms with Crippen LogP contribution in [0.5, 0.6) is 0 Å². The Morgan fingerprint density at radius 1 is 1.05 bits per heavy atom. The van der Waals surface area contributed by atoms with E-state index in [1.54, 1.807) is 24.3 Å². The molecule has 0 saturated carbocycles. The first-order valence-electron chi connectivity index (χ1n) is 6.43. The number of sulfonamides is 1. The Bertz CT molecular complexity index is 715. The fraction of sp³-hybridized carbons (Fsp3) is 0.200. The molecule has 2 rings (SSSR count). The van der Waals surface area contributed by atoms with E-state index < -0.39 is 10.0 Å². The third-order valence-electron chi connectivity index (χ3n) is 2.92. The summed E-state index contributed by atoms with van der Waals surface area (Å²) in [5, 5.41) is 3.19. The van der Waals surface area contributed by atoms with Gasteiger partial charge in [-0.15, -0.1) is 0 Å². The smallest absolute Gasteiger partial charge is 0.229 e. The number of hydrogen-bond acceptors (Lipinski definition) is 3. The Labute approximate surface area is 124 Å². The molecule has 6 heteroatoms. The van der Waals surface area contributed by atoms with Crippen LogP contribution in [0.4, 0.5) is 15.8 Å². The molecule has 0 saturated heterocycles. The van der Waals surface area contributed by atoms with Crippen molar-refractivity contribution in [1.82, 2.24) is 0 Å². The quantitative estimate of drug-likeness (QED) is 0.890. The van der Waals surface area contributed by atoms with Crippen LogP contribution < -0.4 is 10.0 Å². The standard InChI is InChI=1S/C15H17FN2O2S/c1-11(17-15-5-3-4-13(16)10-15)12-6-8-14(9-7-12)18-21(2,19)20/h3-11,17-18H,1-2H3. The minimum Gasteiger partial charge on any atom is -0.378 e. The predicted molar refractivity (Wildman–Crippen MR) is 83.3 cm³/mol. The van der Waals surface area contributed by atoms with Crippen LogP contribution in [-0.4, -0.2) is 14.7 Å². The molecule has 0 fully saturated rings. The van der Waals surface area contributed by atoms with Crippen molar-refractivity contribution in [3.05, 3.63) is 59.9 Å². The highest BCUT2D eigenvalue weighted by molar-refractivity contribution is 7.92. The summed E-state index contributed by atoms with van der Waals surface area (Å²) in [6.07, 6.45) is 1.11.